The van der Waals surface area contributed by atoms with Gasteiger partial charge < -0.3 is 9.80 Å². The quantitative estimate of drug-likeness (QED) is 0.561. The minimum absolute atomic E-state index is 0.231. The second-order valence-corrected chi connectivity index (χ2v) is 9.63. The zero-order chi connectivity index (χ0) is 21.2. The second kappa shape index (κ2) is 9.01. The van der Waals surface area contributed by atoms with Crippen LogP contribution in [0.1, 0.15) is 43.0 Å². The fourth-order valence-corrected chi connectivity index (χ4v) is 5.69. The van der Waals surface area contributed by atoms with Gasteiger partial charge in [-0.2, -0.15) is 0 Å². The molecule has 0 radical (unpaired) electrons. The summed E-state index contributed by atoms with van der Waals surface area (Å²) in [6, 6.07) is 8.63. The van der Waals surface area contributed by atoms with Gasteiger partial charge in [-0.05, 0) is 82.6 Å². The SMILES string of the molecule is CN1CCC(c2nc(-c3ccc(F)cc3)c(-c3ccnc(N4CCCCC4)n3)s2)CC1. The van der Waals surface area contributed by atoms with Gasteiger partial charge in [-0.3, -0.25) is 0 Å². The Morgan fingerprint density at radius 2 is 1.68 bits per heavy atom. The third kappa shape index (κ3) is 4.48. The van der Waals surface area contributed by atoms with Gasteiger partial charge in [0.1, 0.15) is 5.82 Å². The van der Waals surface area contributed by atoms with E-state index < -0.39 is 0 Å². The topological polar surface area (TPSA) is 45.2 Å². The lowest BCUT2D eigenvalue weighted by Gasteiger charge is -2.27. The number of nitrogens with zero attached hydrogens (tertiary/aromatic N) is 5. The lowest BCUT2D eigenvalue weighted by molar-refractivity contribution is 0.255. The summed E-state index contributed by atoms with van der Waals surface area (Å²) in [4.78, 5) is 20.3. The molecule has 0 N–H and O–H groups in total. The van der Waals surface area contributed by atoms with Gasteiger partial charge in [-0.25, -0.2) is 19.3 Å². The highest BCUT2D eigenvalue weighted by atomic mass is 32.1. The Hall–Kier alpha value is -2.38. The standard InChI is InChI=1S/C24H28FN5S/c1-29-15-10-18(11-16-29)23-28-21(17-5-7-19(25)8-6-17)22(31-23)20-9-12-26-24(27-20)30-13-3-2-4-14-30/h5-9,12,18H,2-4,10-11,13-16H2,1H3. The number of thiazole rings is 1. The van der Waals surface area contributed by atoms with Crippen molar-refractivity contribution in [3.8, 4) is 21.8 Å². The van der Waals surface area contributed by atoms with Crippen LogP contribution in [0.15, 0.2) is 36.5 Å². The van der Waals surface area contributed by atoms with E-state index >= 15 is 0 Å². The fourth-order valence-electron chi connectivity index (χ4n) is 4.46. The highest BCUT2D eigenvalue weighted by Gasteiger charge is 2.25. The number of piperidine rings is 2. The molecule has 4 heterocycles. The third-order valence-electron chi connectivity index (χ3n) is 6.34. The van der Waals surface area contributed by atoms with Crippen LogP contribution in [0.25, 0.3) is 21.8 Å². The molecule has 0 spiro atoms. The Morgan fingerprint density at radius 1 is 0.935 bits per heavy atom. The van der Waals surface area contributed by atoms with Crippen LogP contribution in [-0.2, 0) is 0 Å². The van der Waals surface area contributed by atoms with Gasteiger partial charge in [-0.15, -0.1) is 11.3 Å². The fraction of sp³-hybridized carbons (Fsp3) is 0.458. The van der Waals surface area contributed by atoms with E-state index in [4.69, 9.17) is 9.97 Å². The molecule has 5 rings (SSSR count). The minimum Gasteiger partial charge on any atom is -0.341 e. The number of benzene rings is 1. The maximum atomic E-state index is 13.6. The highest BCUT2D eigenvalue weighted by molar-refractivity contribution is 7.15. The van der Waals surface area contributed by atoms with E-state index in [-0.39, 0.29) is 5.82 Å². The van der Waals surface area contributed by atoms with Gasteiger partial charge >= 0.3 is 0 Å². The molecule has 5 nitrogen and oxygen atoms in total. The van der Waals surface area contributed by atoms with Crippen LogP contribution in [0.4, 0.5) is 10.3 Å². The highest BCUT2D eigenvalue weighted by Crippen LogP contribution is 2.41. The Labute approximate surface area is 187 Å². The van der Waals surface area contributed by atoms with Crippen molar-refractivity contribution in [2.75, 3.05) is 38.1 Å². The molecule has 162 valence electrons. The van der Waals surface area contributed by atoms with E-state index in [0.717, 1.165) is 66.8 Å². The van der Waals surface area contributed by atoms with Crippen molar-refractivity contribution in [2.24, 2.45) is 0 Å². The summed E-state index contributed by atoms with van der Waals surface area (Å²) in [6.07, 6.45) is 7.75. The van der Waals surface area contributed by atoms with Crippen LogP contribution in [-0.4, -0.2) is 53.1 Å². The number of halogens is 1. The van der Waals surface area contributed by atoms with Crippen molar-refractivity contribution in [1.82, 2.24) is 19.9 Å². The van der Waals surface area contributed by atoms with Crippen LogP contribution in [0.5, 0.6) is 0 Å². The molecule has 0 saturated carbocycles. The lowest BCUT2D eigenvalue weighted by atomic mass is 9.98. The minimum atomic E-state index is -0.231. The predicted octanol–water partition coefficient (Wildman–Crippen LogP) is 5.21. The van der Waals surface area contributed by atoms with Crippen LogP contribution in [0, 0.1) is 5.82 Å². The number of anilines is 1. The van der Waals surface area contributed by atoms with Crippen molar-refractivity contribution >= 4 is 17.3 Å². The lowest BCUT2D eigenvalue weighted by Crippen LogP contribution is -2.30. The molecule has 2 aliphatic heterocycles. The first-order chi connectivity index (χ1) is 15.2. The maximum absolute atomic E-state index is 13.6. The van der Waals surface area contributed by atoms with Gasteiger partial charge in [0.2, 0.25) is 5.95 Å². The average Bonchev–Trinajstić information content (AvgIpc) is 3.26. The van der Waals surface area contributed by atoms with Crippen molar-refractivity contribution in [2.45, 2.75) is 38.0 Å². The first-order valence-corrected chi connectivity index (χ1v) is 12.0. The molecule has 1 aromatic carbocycles. The smallest absolute Gasteiger partial charge is 0.225 e. The van der Waals surface area contributed by atoms with E-state index in [1.807, 2.05) is 24.4 Å². The molecule has 0 aliphatic carbocycles. The van der Waals surface area contributed by atoms with E-state index in [2.05, 4.69) is 21.8 Å². The summed E-state index contributed by atoms with van der Waals surface area (Å²) in [5.41, 5.74) is 2.75. The van der Waals surface area contributed by atoms with E-state index in [1.165, 1.54) is 36.4 Å². The molecular formula is C24H28FN5S. The third-order valence-corrected chi connectivity index (χ3v) is 7.58. The molecule has 0 unspecified atom stereocenters. The number of likely N-dealkylation sites (tertiary alicyclic amines) is 1. The maximum Gasteiger partial charge on any atom is 0.225 e. The first-order valence-electron chi connectivity index (χ1n) is 11.2. The monoisotopic (exact) mass is 437 g/mol. The Balaban J connectivity index is 1.54. The molecule has 31 heavy (non-hydrogen) atoms. The van der Waals surface area contributed by atoms with Crippen molar-refractivity contribution in [1.29, 1.82) is 0 Å². The predicted molar refractivity (Wildman–Crippen MR) is 124 cm³/mol. The van der Waals surface area contributed by atoms with E-state index in [1.54, 1.807) is 11.3 Å². The van der Waals surface area contributed by atoms with Crippen molar-refractivity contribution < 1.29 is 4.39 Å². The number of hydrogen-bond acceptors (Lipinski definition) is 6. The molecule has 2 aliphatic rings. The summed E-state index contributed by atoms with van der Waals surface area (Å²) >= 11 is 1.74. The molecule has 3 aromatic rings. The van der Waals surface area contributed by atoms with Crippen LogP contribution in [0.3, 0.4) is 0 Å². The van der Waals surface area contributed by atoms with Gasteiger partial charge in [0.15, 0.2) is 0 Å². The summed E-state index contributed by atoms with van der Waals surface area (Å²) in [5, 5.41) is 1.17. The van der Waals surface area contributed by atoms with Crippen molar-refractivity contribution in [3.05, 3.63) is 47.4 Å². The Bertz CT molecular complexity index is 1020. The zero-order valence-corrected chi connectivity index (χ0v) is 18.7. The van der Waals surface area contributed by atoms with Gasteiger partial charge in [0.05, 0.1) is 21.3 Å². The van der Waals surface area contributed by atoms with E-state index in [0.29, 0.717) is 5.92 Å². The molecule has 7 heteroatoms. The normalized spacial score (nSPS) is 18.5. The molecule has 0 atom stereocenters. The van der Waals surface area contributed by atoms with Crippen LogP contribution < -0.4 is 4.90 Å². The first kappa shape index (κ1) is 20.5. The second-order valence-electron chi connectivity index (χ2n) is 8.60. The number of aromatic nitrogens is 3. The molecule has 2 saturated heterocycles. The summed E-state index contributed by atoms with van der Waals surface area (Å²) in [6.45, 7) is 4.21. The number of hydrogen-bond donors (Lipinski definition) is 0. The van der Waals surface area contributed by atoms with E-state index in [9.17, 15) is 4.39 Å². The number of rotatable bonds is 4. The molecule has 0 bridgehead atoms. The largest absolute Gasteiger partial charge is 0.341 e. The molecular weight excluding hydrogens is 409 g/mol. The summed E-state index contributed by atoms with van der Waals surface area (Å²) in [5.74, 6) is 1.04. The van der Waals surface area contributed by atoms with Gasteiger partial charge in [-0.1, -0.05) is 0 Å². The Morgan fingerprint density at radius 3 is 2.42 bits per heavy atom. The van der Waals surface area contributed by atoms with Gasteiger partial charge in [0, 0.05) is 30.8 Å². The Kier molecular flexibility index (Phi) is 5.96. The summed E-state index contributed by atoms with van der Waals surface area (Å²) < 4.78 is 13.6. The van der Waals surface area contributed by atoms with Crippen LogP contribution in [0.2, 0.25) is 0 Å². The van der Waals surface area contributed by atoms with Crippen LogP contribution >= 0.6 is 11.3 Å². The average molecular weight is 438 g/mol. The zero-order valence-electron chi connectivity index (χ0n) is 17.9. The molecule has 0 amide bonds. The molecule has 2 fully saturated rings. The van der Waals surface area contributed by atoms with Crippen molar-refractivity contribution in [3.63, 3.8) is 0 Å². The summed E-state index contributed by atoms with van der Waals surface area (Å²) in [7, 11) is 2.18. The molecule has 2 aromatic heterocycles. The van der Waals surface area contributed by atoms with Gasteiger partial charge in [0.25, 0.3) is 0 Å².